The maximum atomic E-state index is 10.0. The Bertz CT molecular complexity index is 1720. The second-order valence-corrected chi connectivity index (χ2v) is 9.65. The first kappa shape index (κ1) is 25.4. The number of rotatable bonds is 7. The van der Waals surface area contributed by atoms with Crippen molar-refractivity contribution in [1.82, 2.24) is 0 Å². The van der Waals surface area contributed by atoms with E-state index in [1.54, 1.807) is 6.07 Å². The van der Waals surface area contributed by atoms with Gasteiger partial charge in [0.2, 0.25) is 0 Å². The molecule has 0 aliphatic rings. The van der Waals surface area contributed by atoms with E-state index in [2.05, 4.69) is 95.9 Å². The van der Waals surface area contributed by atoms with Gasteiger partial charge >= 0.3 is 7.12 Å². The van der Waals surface area contributed by atoms with Gasteiger partial charge in [-0.1, -0.05) is 121 Å². The average molecular weight is 517 g/mol. The van der Waals surface area contributed by atoms with Crippen molar-refractivity contribution < 1.29 is 10.0 Å². The molecule has 0 unspecified atom stereocenters. The number of hydrogen-bond donors (Lipinski definition) is 2. The Morgan fingerprint density at radius 2 is 0.975 bits per heavy atom. The molecule has 0 saturated heterocycles. The molecule has 0 saturated carbocycles. The van der Waals surface area contributed by atoms with Crippen molar-refractivity contribution in [3.8, 4) is 33.4 Å². The fourth-order valence-electron chi connectivity index (χ4n) is 5.19. The second kappa shape index (κ2) is 11.5. The minimum Gasteiger partial charge on any atom is -0.423 e. The van der Waals surface area contributed by atoms with E-state index >= 15 is 0 Å². The van der Waals surface area contributed by atoms with Crippen LogP contribution in [0.25, 0.3) is 33.4 Å². The Labute approximate surface area is 235 Å². The van der Waals surface area contributed by atoms with E-state index in [1.165, 1.54) is 5.56 Å². The summed E-state index contributed by atoms with van der Waals surface area (Å²) in [6, 6.07) is 53.5. The Kier molecular flexibility index (Phi) is 7.27. The van der Waals surface area contributed by atoms with Gasteiger partial charge in [0.25, 0.3) is 0 Å². The largest absolute Gasteiger partial charge is 0.489 e. The van der Waals surface area contributed by atoms with Crippen molar-refractivity contribution in [2.75, 3.05) is 4.90 Å². The smallest absolute Gasteiger partial charge is 0.423 e. The van der Waals surface area contributed by atoms with E-state index in [9.17, 15) is 10.0 Å². The second-order valence-electron chi connectivity index (χ2n) is 9.65. The van der Waals surface area contributed by atoms with E-state index in [-0.39, 0.29) is 0 Å². The van der Waals surface area contributed by atoms with Gasteiger partial charge in [0.05, 0.1) is 5.69 Å². The minimum absolute atomic E-state index is 0.475. The van der Waals surface area contributed by atoms with E-state index in [1.807, 2.05) is 60.7 Å². The zero-order valence-electron chi connectivity index (χ0n) is 21.9. The zero-order valence-corrected chi connectivity index (χ0v) is 21.9. The fraction of sp³-hybridized carbons (Fsp3) is 0. The summed E-state index contributed by atoms with van der Waals surface area (Å²) in [6.07, 6.45) is 0. The highest BCUT2D eigenvalue weighted by Crippen LogP contribution is 2.43. The third-order valence-corrected chi connectivity index (χ3v) is 7.10. The molecule has 3 nitrogen and oxygen atoms in total. The van der Waals surface area contributed by atoms with Crippen molar-refractivity contribution in [1.29, 1.82) is 0 Å². The van der Waals surface area contributed by atoms with Crippen LogP contribution in [0.4, 0.5) is 17.1 Å². The highest BCUT2D eigenvalue weighted by atomic mass is 16.4. The van der Waals surface area contributed by atoms with E-state index < -0.39 is 7.12 Å². The SMILES string of the molecule is OB(O)c1ccccc1-c1cccc(N(c2ccccc2)c2ccc(-c3ccccc3)cc2-c2ccccc2)c1. The Morgan fingerprint density at radius 1 is 0.400 bits per heavy atom. The lowest BCUT2D eigenvalue weighted by molar-refractivity contribution is 0.426. The fourth-order valence-corrected chi connectivity index (χ4v) is 5.19. The van der Waals surface area contributed by atoms with Crippen LogP contribution in [0.5, 0.6) is 0 Å². The molecule has 0 atom stereocenters. The first-order valence-electron chi connectivity index (χ1n) is 13.3. The average Bonchev–Trinajstić information content (AvgIpc) is 3.03. The first-order valence-corrected chi connectivity index (χ1v) is 13.3. The zero-order chi connectivity index (χ0) is 27.3. The predicted octanol–water partition coefficient (Wildman–Crippen LogP) is 7.84. The number of benzene rings is 6. The molecule has 0 aromatic heterocycles. The third kappa shape index (κ3) is 5.19. The first-order chi connectivity index (χ1) is 19.7. The van der Waals surface area contributed by atoms with E-state index in [0.29, 0.717) is 5.46 Å². The summed E-state index contributed by atoms with van der Waals surface area (Å²) in [5, 5.41) is 20.1. The highest BCUT2D eigenvalue weighted by Gasteiger charge is 2.20. The predicted molar refractivity (Wildman–Crippen MR) is 167 cm³/mol. The normalized spacial score (nSPS) is 10.8. The van der Waals surface area contributed by atoms with Crippen LogP contribution in [0.15, 0.2) is 158 Å². The Hall–Kier alpha value is -4.90. The molecule has 40 heavy (non-hydrogen) atoms. The van der Waals surface area contributed by atoms with Gasteiger partial charge in [-0.25, -0.2) is 0 Å². The van der Waals surface area contributed by atoms with Crippen LogP contribution in [0.2, 0.25) is 0 Å². The van der Waals surface area contributed by atoms with Gasteiger partial charge in [-0.05, 0) is 69.7 Å². The van der Waals surface area contributed by atoms with Gasteiger partial charge < -0.3 is 14.9 Å². The molecular weight excluding hydrogens is 489 g/mol. The van der Waals surface area contributed by atoms with Crippen LogP contribution in [-0.2, 0) is 0 Å². The molecule has 0 fully saturated rings. The molecule has 6 aromatic rings. The van der Waals surface area contributed by atoms with Gasteiger partial charge in [-0.15, -0.1) is 0 Å². The lowest BCUT2D eigenvalue weighted by Crippen LogP contribution is -2.31. The number of hydrogen-bond acceptors (Lipinski definition) is 3. The molecule has 0 aliphatic carbocycles. The maximum Gasteiger partial charge on any atom is 0.489 e. The van der Waals surface area contributed by atoms with E-state index in [4.69, 9.17) is 0 Å². The summed E-state index contributed by atoms with van der Waals surface area (Å²) in [5.74, 6) is 0. The molecule has 4 heteroatoms. The summed E-state index contributed by atoms with van der Waals surface area (Å²) in [6.45, 7) is 0. The van der Waals surface area contributed by atoms with Crippen molar-refractivity contribution in [2.24, 2.45) is 0 Å². The minimum atomic E-state index is -1.56. The number of nitrogens with zero attached hydrogens (tertiary/aromatic N) is 1. The van der Waals surface area contributed by atoms with Crippen LogP contribution in [0.1, 0.15) is 0 Å². The van der Waals surface area contributed by atoms with Gasteiger partial charge in [0, 0.05) is 16.9 Å². The van der Waals surface area contributed by atoms with Crippen molar-refractivity contribution in [2.45, 2.75) is 0 Å². The molecule has 0 spiro atoms. The molecular formula is C36H28BNO2. The summed E-state index contributed by atoms with van der Waals surface area (Å²) >= 11 is 0. The van der Waals surface area contributed by atoms with Crippen molar-refractivity contribution >= 4 is 29.6 Å². The summed E-state index contributed by atoms with van der Waals surface area (Å²) < 4.78 is 0. The molecule has 0 radical (unpaired) electrons. The monoisotopic (exact) mass is 517 g/mol. The van der Waals surface area contributed by atoms with Crippen molar-refractivity contribution in [3.63, 3.8) is 0 Å². The summed E-state index contributed by atoms with van der Waals surface area (Å²) in [7, 11) is -1.56. The third-order valence-electron chi connectivity index (χ3n) is 7.10. The Morgan fingerprint density at radius 3 is 1.68 bits per heavy atom. The topological polar surface area (TPSA) is 43.7 Å². The molecule has 6 rings (SSSR count). The van der Waals surface area contributed by atoms with Crippen molar-refractivity contribution in [3.05, 3.63) is 158 Å². The molecule has 0 aliphatic heterocycles. The van der Waals surface area contributed by atoms with Gasteiger partial charge in [0.15, 0.2) is 0 Å². The summed E-state index contributed by atoms with van der Waals surface area (Å²) in [5.41, 5.74) is 9.76. The summed E-state index contributed by atoms with van der Waals surface area (Å²) in [4.78, 5) is 2.26. The quantitative estimate of drug-likeness (QED) is 0.212. The Balaban J connectivity index is 1.56. The van der Waals surface area contributed by atoms with Gasteiger partial charge in [0.1, 0.15) is 0 Å². The number of anilines is 3. The number of para-hydroxylation sites is 1. The highest BCUT2D eigenvalue weighted by molar-refractivity contribution is 6.60. The molecule has 0 amide bonds. The van der Waals surface area contributed by atoms with Gasteiger partial charge in [-0.2, -0.15) is 0 Å². The lowest BCUT2D eigenvalue weighted by Gasteiger charge is -2.29. The van der Waals surface area contributed by atoms with E-state index in [0.717, 1.165) is 44.9 Å². The molecule has 0 bridgehead atoms. The molecule has 6 aromatic carbocycles. The molecule has 0 heterocycles. The van der Waals surface area contributed by atoms with Crippen LogP contribution in [0, 0.1) is 0 Å². The maximum absolute atomic E-state index is 10.0. The lowest BCUT2D eigenvalue weighted by atomic mass is 9.75. The standard InChI is InChI=1S/C36H28BNO2/c39-37(40)35-22-11-10-21-33(35)30-17-12-20-32(25-30)38(31-18-8-3-9-19-31)36-24-23-29(27-13-4-1-5-14-27)26-34(36)28-15-6-2-7-16-28/h1-26,39-40H. The molecule has 2 N–H and O–H groups in total. The van der Waals surface area contributed by atoms with Crippen LogP contribution >= 0.6 is 0 Å². The van der Waals surface area contributed by atoms with Crippen LogP contribution < -0.4 is 10.4 Å². The molecule has 192 valence electrons. The van der Waals surface area contributed by atoms with Crippen LogP contribution in [-0.4, -0.2) is 17.2 Å². The van der Waals surface area contributed by atoms with Gasteiger partial charge in [-0.3, -0.25) is 0 Å². The van der Waals surface area contributed by atoms with Crippen LogP contribution in [0.3, 0.4) is 0 Å².